The fourth-order valence-electron chi connectivity index (χ4n) is 1.87. The number of anilines is 1. The first-order chi connectivity index (χ1) is 7.66. The summed E-state index contributed by atoms with van der Waals surface area (Å²) in [5, 5.41) is 6.27. The summed E-state index contributed by atoms with van der Waals surface area (Å²) >= 11 is 5.76. The van der Waals surface area contributed by atoms with Gasteiger partial charge in [-0.05, 0) is 25.5 Å². The Bertz CT molecular complexity index is 355. The molecule has 0 amide bonds. The van der Waals surface area contributed by atoms with Gasteiger partial charge in [-0.3, -0.25) is 0 Å². The highest BCUT2D eigenvalue weighted by atomic mass is 35.5. The van der Waals surface area contributed by atoms with Crippen molar-refractivity contribution in [3.63, 3.8) is 0 Å². The Morgan fingerprint density at radius 1 is 1.44 bits per heavy atom. The quantitative estimate of drug-likeness (QED) is 0.857. The second kappa shape index (κ2) is 4.97. The minimum Gasteiger partial charge on any atom is -0.380 e. The molecule has 1 aliphatic rings. The van der Waals surface area contributed by atoms with Crippen molar-refractivity contribution in [2.75, 3.05) is 18.4 Å². The second-order valence-corrected chi connectivity index (χ2v) is 4.33. The fourth-order valence-corrected chi connectivity index (χ4v) is 2.13. The third-order valence-electron chi connectivity index (χ3n) is 2.69. The van der Waals surface area contributed by atoms with E-state index in [9.17, 15) is 8.78 Å². The van der Waals surface area contributed by atoms with Crippen molar-refractivity contribution in [1.29, 1.82) is 0 Å². The Labute approximate surface area is 98.0 Å². The Hall–Kier alpha value is -0.870. The minimum atomic E-state index is -0.660. The van der Waals surface area contributed by atoms with Crippen molar-refractivity contribution in [1.82, 2.24) is 5.32 Å². The molecule has 0 aromatic heterocycles. The summed E-state index contributed by atoms with van der Waals surface area (Å²) in [6, 6.07) is 2.27. The van der Waals surface area contributed by atoms with E-state index >= 15 is 0 Å². The molecule has 88 valence electrons. The molecule has 2 nitrogen and oxygen atoms in total. The van der Waals surface area contributed by atoms with Gasteiger partial charge in [-0.1, -0.05) is 11.6 Å². The molecule has 1 fully saturated rings. The van der Waals surface area contributed by atoms with Crippen LogP contribution in [0.2, 0.25) is 5.02 Å². The van der Waals surface area contributed by atoms with Crippen LogP contribution in [0.4, 0.5) is 14.5 Å². The highest BCUT2D eigenvalue weighted by Crippen LogP contribution is 2.26. The van der Waals surface area contributed by atoms with E-state index in [4.69, 9.17) is 11.6 Å². The molecule has 1 heterocycles. The molecule has 1 aliphatic heterocycles. The first-order valence-corrected chi connectivity index (χ1v) is 5.66. The monoisotopic (exact) mass is 246 g/mol. The van der Waals surface area contributed by atoms with E-state index in [2.05, 4.69) is 10.6 Å². The molecule has 2 rings (SSSR count). The molecule has 5 heteroatoms. The molecule has 0 radical (unpaired) electrons. The Kier molecular flexibility index (Phi) is 3.61. The van der Waals surface area contributed by atoms with Crippen LogP contribution < -0.4 is 10.6 Å². The SMILES string of the molecule is Fc1cc(F)c(NCC2CCCN2)c(Cl)c1. The number of nitrogens with one attached hydrogen (secondary N) is 2. The van der Waals surface area contributed by atoms with E-state index in [0.717, 1.165) is 31.5 Å². The largest absolute Gasteiger partial charge is 0.380 e. The van der Waals surface area contributed by atoms with Crippen molar-refractivity contribution in [3.8, 4) is 0 Å². The van der Waals surface area contributed by atoms with E-state index in [1.807, 2.05) is 0 Å². The summed E-state index contributed by atoms with van der Waals surface area (Å²) in [6.07, 6.45) is 2.19. The normalized spacial score (nSPS) is 20.1. The lowest BCUT2D eigenvalue weighted by molar-refractivity contribution is 0.581. The Morgan fingerprint density at radius 3 is 2.88 bits per heavy atom. The number of benzene rings is 1. The lowest BCUT2D eigenvalue weighted by atomic mass is 10.2. The number of rotatable bonds is 3. The predicted molar refractivity (Wildman–Crippen MR) is 60.9 cm³/mol. The van der Waals surface area contributed by atoms with Gasteiger partial charge in [0.15, 0.2) is 5.82 Å². The van der Waals surface area contributed by atoms with E-state index in [0.29, 0.717) is 12.6 Å². The lowest BCUT2D eigenvalue weighted by Gasteiger charge is -2.14. The zero-order valence-electron chi connectivity index (χ0n) is 8.69. The van der Waals surface area contributed by atoms with Gasteiger partial charge in [0.25, 0.3) is 0 Å². The third-order valence-corrected chi connectivity index (χ3v) is 2.99. The zero-order valence-corrected chi connectivity index (χ0v) is 9.45. The van der Waals surface area contributed by atoms with Gasteiger partial charge < -0.3 is 10.6 Å². The van der Waals surface area contributed by atoms with Crippen molar-refractivity contribution < 1.29 is 8.78 Å². The summed E-state index contributed by atoms with van der Waals surface area (Å²) in [5.41, 5.74) is 0.178. The Morgan fingerprint density at radius 2 is 2.25 bits per heavy atom. The first kappa shape index (κ1) is 11.6. The molecule has 1 saturated heterocycles. The Balaban J connectivity index is 2.03. The van der Waals surface area contributed by atoms with Crippen molar-refractivity contribution in [2.24, 2.45) is 0 Å². The fraction of sp³-hybridized carbons (Fsp3) is 0.455. The second-order valence-electron chi connectivity index (χ2n) is 3.92. The van der Waals surface area contributed by atoms with Crippen LogP contribution in [0.25, 0.3) is 0 Å². The highest BCUT2D eigenvalue weighted by Gasteiger charge is 2.15. The molecule has 16 heavy (non-hydrogen) atoms. The van der Waals surface area contributed by atoms with Gasteiger partial charge in [-0.15, -0.1) is 0 Å². The van der Waals surface area contributed by atoms with Crippen LogP contribution in [0.15, 0.2) is 12.1 Å². The van der Waals surface area contributed by atoms with E-state index in [1.54, 1.807) is 0 Å². The average molecular weight is 247 g/mol. The summed E-state index contributed by atoms with van der Waals surface area (Å²) in [4.78, 5) is 0. The summed E-state index contributed by atoms with van der Waals surface area (Å²) in [5.74, 6) is -1.31. The van der Waals surface area contributed by atoms with Gasteiger partial charge in [0.1, 0.15) is 5.82 Å². The molecule has 2 N–H and O–H groups in total. The number of hydrogen-bond donors (Lipinski definition) is 2. The molecule has 1 aromatic carbocycles. The minimum absolute atomic E-state index is 0.0792. The summed E-state index contributed by atoms with van der Waals surface area (Å²) in [7, 11) is 0. The zero-order chi connectivity index (χ0) is 11.5. The molecule has 1 atom stereocenters. The smallest absolute Gasteiger partial charge is 0.150 e. The summed E-state index contributed by atoms with van der Waals surface area (Å²) < 4.78 is 26.2. The molecular formula is C11H13ClF2N2. The lowest BCUT2D eigenvalue weighted by Crippen LogP contribution is -2.29. The maximum atomic E-state index is 13.4. The van der Waals surface area contributed by atoms with Crippen LogP contribution in [0.3, 0.4) is 0 Å². The predicted octanol–water partition coefficient (Wildman–Crippen LogP) is 2.78. The maximum absolute atomic E-state index is 13.4. The third kappa shape index (κ3) is 2.62. The molecule has 0 aliphatic carbocycles. The average Bonchev–Trinajstić information content (AvgIpc) is 2.68. The maximum Gasteiger partial charge on any atom is 0.150 e. The van der Waals surface area contributed by atoms with Crippen LogP contribution in [0, 0.1) is 11.6 Å². The van der Waals surface area contributed by atoms with Gasteiger partial charge in [-0.25, -0.2) is 8.78 Å². The standard InChI is InChI=1S/C11H13ClF2N2/c12-9-4-7(13)5-10(14)11(9)16-6-8-2-1-3-15-8/h4-5,8,15-16H,1-3,6H2. The highest BCUT2D eigenvalue weighted by molar-refractivity contribution is 6.33. The van der Waals surface area contributed by atoms with Crippen LogP contribution in [0.5, 0.6) is 0 Å². The molecular weight excluding hydrogens is 234 g/mol. The summed E-state index contributed by atoms with van der Waals surface area (Å²) in [6.45, 7) is 1.59. The van der Waals surface area contributed by atoms with Crippen molar-refractivity contribution >= 4 is 17.3 Å². The van der Waals surface area contributed by atoms with Gasteiger partial charge >= 0.3 is 0 Å². The number of halogens is 3. The molecule has 1 unspecified atom stereocenters. The molecule has 1 aromatic rings. The van der Waals surface area contributed by atoms with Crippen LogP contribution >= 0.6 is 11.6 Å². The van der Waals surface area contributed by atoms with Crippen molar-refractivity contribution in [3.05, 3.63) is 28.8 Å². The molecule has 0 saturated carbocycles. The number of hydrogen-bond acceptors (Lipinski definition) is 2. The van der Waals surface area contributed by atoms with Gasteiger partial charge in [0.2, 0.25) is 0 Å². The van der Waals surface area contributed by atoms with Crippen LogP contribution in [-0.2, 0) is 0 Å². The first-order valence-electron chi connectivity index (χ1n) is 5.28. The van der Waals surface area contributed by atoms with E-state index in [-0.39, 0.29) is 10.7 Å². The molecule has 0 bridgehead atoms. The van der Waals surface area contributed by atoms with Crippen molar-refractivity contribution in [2.45, 2.75) is 18.9 Å². The molecule has 0 spiro atoms. The van der Waals surface area contributed by atoms with E-state index < -0.39 is 11.6 Å². The van der Waals surface area contributed by atoms with Crippen LogP contribution in [-0.4, -0.2) is 19.1 Å². The topological polar surface area (TPSA) is 24.1 Å². The van der Waals surface area contributed by atoms with Gasteiger partial charge in [0, 0.05) is 18.7 Å². The van der Waals surface area contributed by atoms with Gasteiger partial charge in [-0.2, -0.15) is 0 Å². The van der Waals surface area contributed by atoms with Gasteiger partial charge in [0.05, 0.1) is 10.7 Å². The van der Waals surface area contributed by atoms with E-state index in [1.165, 1.54) is 0 Å². The van der Waals surface area contributed by atoms with Crippen LogP contribution in [0.1, 0.15) is 12.8 Å².